The fourth-order valence-corrected chi connectivity index (χ4v) is 2.53. The second kappa shape index (κ2) is 1.39. The van der Waals surface area contributed by atoms with Gasteiger partial charge in [-0.2, -0.15) is 0 Å². The Labute approximate surface area is 47.9 Å². The summed E-state index contributed by atoms with van der Waals surface area (Å²) in [6.07, 6.45) is 2.84. The molecule has 0 aromatic rings. The molecule has 1 nitrogen and oxygen atoms in total. The van der Waals surface area contributed by atoms with Crippen molar-refractivity contribution in [1.29, 1.82) is 0 Å². The van der Waals surface area contributed by atoms with Crippen molar-refractivity contribution in [2.24, 2.45) is 0 Å². The van der Waals surface area contributed by atoms with E-state index in [9.17, 15) is 0 Å². The van der Waals surface area contributed by atoms with Crippen LogP contribution >= 0.6 is 11.8 Å². The Hall–Kier alpha value is 0.310. The van der Waals surface area contributed by atoms with Crippen LogP contribution in [0.2, 0.25) is 0 Å². The summed E-state index contributed by atoms with van der Waals surface area (Å²) in [6, 6.07) is 0.909. The molecule has 0 aliphatic carbocycles. The third-order valence-electron chi connectivity index (χ3n) is 1.71. The van der Waals surface area contributed by atoms with Crippen molar-refractivity contribution in [2.75, 3.05) is 5.75 Å². The molecule has 2 unspecified atom stereocenters. The largest absolute Gasteiger partial charge is 0.302 e. The van der Waals surface area contributed by atoms with E-state index in [-0.39, 0.29) is 0 Å². The summed E-state index contributed by atoms with van der Waals surface area (Å²) in [7, 11) is 0. The van der Waals surface area contributed by atoms with Crippen LogP contribution in [0.15, 0.2) is 0 Å². The number of hydrogen-bond donors (Lipinski definition) is 1. The van der Waals surface area contributed by atoms with E-state index in [1.54, 1.807) is 0 Å². The van der Waals surface area contributed by atoms with Gasteiger partial charge in [0.1, 0.15) is 0 Å². The first-order chi connectivity index (χ1) is 3.45. The zero-order valence-corrected chi connectivity index (χ0v) is 5.00. The van der Waals surface area contributed by atoms with Gasteiger partial charge in [0.15, 0.2) is 0 Å². The maximum atomic E-state index is 3.44. The van der Waals surface area contributed by atoms with Gasteiger partial charge in [-0.1, -0.05) is 0 Å². The molecule has 3 rings (SSSR count). The molecule has 3 saturated heterocycles. The lowest BCUT2D eigenvalue weighted by molar-refractivity contribution is 0.321. The van der Waals surface area contributed by atoms with E-state index in [1.807, 2.05) is 0 Å². The summed E-state index contributed by atoms with van der Waals surface area (Å²) in [5.74, 6) is 1.39. The van der Waals surface area contributed by atoms with Crippen LogP contribution in [-0.4, -0.2) is 17.2 Å². The van der Waals surface area contributed by atoms with Gasteiger partial charge in [0.2, 0.25) is 0 Å². The molecule has 2 heteroatoms. The highest BCUT2D eigenvalue weighted by molar-refractivity contribution is 8.00. The molecule has 0 aromatic carbocycles. The Kier molecular flexibility index (Phi) is 0.837. The molecular formula is C5H9NS. The van der Waals surface area contributed by atoms with Gasteiger partial charge in [-0.3, -0.25) is 0 Å². The lowest BCUT2D eigenvalue weighted by Crippen LogP contribution is -2.53. The van der Waals surface area contributed by atoms with Crippen molar-refractivity contribution in [2.45, 2.75) is 24.3 Å². The molecule has 40 valence electrons. The molecular weight excluding hydrogens is 106 g/mol. The fourth-order valence-electron chi connectivity index (χ4n) is 1.17. The number of rotatable bonds is 0. The standard InChI is InChI=1S/C5H9NS/c1-2-7-5-3-4(1)6-5/h4-6H,1-3H2. The molecule has 3 fully saturated rings. The molecule has 3 aliphatic rings. The molecule has 1 N–H and O–H groups in total. The summed E-state index contributed by atoms with van der Waals surface area (Å²) in [5.41, 5.74) is 0. The third kappa shape index (κ3) is 0.572. The van der Waals surface area contributed by atoms with Gasteiger partial charge in [0.25, 0.3) is 0 Å². The van der Waals surface area contributed by atoms with Crippen LogP contribution in [0.4, 0.5) is 0 Å². The highest BCUT2D eigenvalue weighted by atomic mass is 32.2. The van der Waals surface area contributed by atoms with Crippen molar-refractivity contribution in [3.8, 4) is 0 Å². The monoisotopic (exact) mass is 115 g/mol. The molecule has 2 bridgehead atoms. The molecule has 0 saturated carbocycles. The highest BCUT2D eigenvalue weighted by Gasteiger charge is 2.31. The maximum Gasteiger partial charge on any atom is 0.0549 e. The van der Waals surface area contributed by atoms with Crippen LogP contribution in [0.3, 0.4) is 0 Å². The Morgan fingerprint density at radius 3 is 2.57 bits per heavy atom. The van der Waals surface area contributed by atoms with Crippen molar-refractivity contribution in [3.05, 3.63) is 0 Å². The average Bonchev–Trinajstić information content (AvgIpc) is 1.67. The first-order valence-corrected chi connectivity index (χ1v) is 3.88. The molecule has 0 radical (unpaired) electrons. The minimum absolute atomic E-state index is 0.846. The second-order valence-corrected chi connectivity index (χ2v) is 3.56. The third-order valence-corrected chi connectivity index (χ3v) is 2.91. The Bertz CT molecular complexity index is 64.6. The van der Waals surface area contributed by atoms with E-state index in [0.717, 1.165) is 11.4 Å². The molecule has 3 aliphatic heterocycles. The van der Waals surface area contributed by atoms with Gasteiger partial charge in [0.05, 0.1) is 5.37 Å². The normalized spacial score (nSPS) is 48.0. The van der Waals surface area contributed by atoms with Crippen LogP contribution in [0.5, 0.6) is 0 Å². The number of thioether (sulfide) groups is 1. The molecule has 0 aromatic heterocycles. The molecule has 2 atom stereocenters. The van der Waals surface area contributed by atoms with E-state index in [4.69, 9.17) is 0 Å². The van der Waals surface area contributed by atoms with Crippen molar-refractivity contribution >= 4 is 11.8 Å². The van der Waals surface area contributed by atoms with Gasteiger partial charge >= 0.3 is 0 Å². The molecule has 7 heavy (non-hydrogen) atoms. The molecule has 0 spiro atoms. The van der Waals surface area contributed by atoms with Gasteiger partial charge < -0.3 is 5.32 Å². The summed E-state index contributed by atoms with van der Waals surface area (Å²) < 4.78 is 0. The van der Waals surface area contributed by atoms with Gasteiger partial charge in [0, 0.05) is 6.04 Å². The predicted molar refractivity (Wildman–Crippen MR) is 32.4 cm³/mol. The Morgan fingerprint density at radius 2 is 2.43 bits per heavy atom. The molecule has 0 amide bonds. The summed E-state index contributed by atoms with van der Waals surface area (Å²) in [6.45, 7) is 0. The van der Waals surface area contributed by atoms with E-state index in [1.165, 1.54) is 18.6 Å². The minimum atomic E-state index is 0.846. The number of nitrogens with one attached hydrogen (secondary N) is 1. The van der Waals surface area contributed by atoms with Crippen LogP contribution in [-0.2, 0) is 0 Å². The van der Waals surface area contributed by atoms with Gasteiger partial charge in [-0.15, -0.1) is 11.8 Å². The van der Waals surface area contributed by atoms with Crippen LogP contribution < -0.4 is 5.32 Å². The topological polar surface area (TPSA) is 12.0 Å². The zero-order chi connectivity index (χ0) is 4.69. The quantitative estimate of drug-likeness (QED) is 0.501. The predicted octanol–water partition coefficient (Wildman–Crippen LogP) is 0.811. The van der Waals surface area contributed by atoms with Crippen LogP contribution in [0, 0.1) is 0 Å². The average molecular weight is 115 g/mol. The summed E-state index contributed by atoms with van der Waals surface area (Å²) in [4.78, 5) is 0. The van der Waals surface area contributed by atoms with Crippen molar-refractivity contribution in [3.63, 3.8) is 0 Å². The highest BCUT2D eigenvalue weighted by Crippen LogP contribution is 2.31. The smallest absolute Gasteiger partial charge is 0.0549 e. The molecule has 3 heterocycles. The van der Waals surface area contributed by atoms with Crippen LogP contribution in [0.1, 0.15) is 12.8 Å². The van der Waals surface area contributed by atoms with E-state index in [0.29, 0.717) is 0 Å². The van der Waals surface area contributed by atoms with Crippen molar-refractivity contribution < 1.29 is 0 Å². The lowest BCUT2D eigenvalue weighted by atomic mass is 10.0. The Balaban J connectivity index is 1.99. The maximum absolute atomic E-state index is 3.44. The first-order valence-electron chi connectivity index (χ1n) is 2.83. The first kappa shape index (κ1) is 4.21. The Morgan fingerprint density at radius 1 is 1.57 bits per heavy atom. The SMILES string of the molecule is C1CC2CC(N2)S1. The minimum Gasteiger partial charge on any atom is -0.302 e. The fraction of sp³-hybridized carbons (Fsp3) is 1.00. The van der Waals surface area contributed by atoms with Crippen molar-refractivity contribution in [1.82, 2.24) is 5.32 Å². The zero-order valence-electron chi connectivity index (χ0n) is 4.18. The van der Waals surface area contributed by atoms with E-state index < -0.39 is 0 Å². The van der Waals surface area contributed by atoms with Gasteiger partial charge in [-0.05, 0) is 18.6 Å². The van der Waals surface area contributed by atoms with E-state index in [2.05, 4.69) is 17.1 Å². The van der Waals surface area contributed by atoms with E-state index >= 15 is 0 Å². The van der Waals surface area contributed by atoms with Crippen LogP contribution in [0.25, 0.3) is 0 Å². The summed E-state index contributed by atoms with van der Waals surface area (Å²) >= 11 is 2.07. The number of hydrogen-bond acceptors (Lipinski definition) is 2. The lowest BCUT2D eigenvalue weighted by Gasteiger charge is -2.41. The van der Waals surface area contributed by atoms with Gasteiger partial charge in [-0.25, -0.2) is 0 Å². The second-order valence-electron chi connectivity index (χ2n) is 2.25. The number of fused-ring (bicyclic) bond motifs is 2. The summed E-state index contributed by atoms with van der Waals surface area (Å²) in [5, 5.41) is 4.29.